The number of carbonyl (C=O) groups excluding carboxylic acids is 2. The van der Waals surface area contributed by atoms with Gasteiger partial charge in [-0.25, -0.2) is 4.79 Å². The first kappa shape index (κ1) is 28.2. The van der Waals surface area contributed by atoms with Gasteiger partial charge >= 0.3 is 5.97 Å². The van der Waals surface area contributed by atoms with Crippen LogP contribution in [0.5, 0.6) is 5.75 Å². The Morgan fingerprint density at radius 3 is 2.62 bits per heavy atom. The Labute approximate surface area is 228 Å². The van der Waals surface area contributed by atoms with E-state index in [1.54, 1.807) is 19.2 Å². The number of nitrogens with one attached hydrogen (secondary N) is 2. The Bertz CT molecular complexity index is 1300. The second kappa shape index (κ2) is 13.3. The first-order chi connectivity index (χ1) is 19.0. The molecule has 9 nitrogen and oxygen atoms in total. The quantitative estimate of drug-likeness (QED) is 0.299. The molecular weight excluding hydrogens is 500 g/mol. The normalized spacial score (nSPS) is 18.8. The zero-order valence-electron chi connectivity index (χ0n) is 22.6. The number of amides is 1. The Morgan fingerprint density at radius 2 is 1.92 bits per heavy atom. The van der Waals surface area contributed by atoms with Gasteiger partial charge < -0.3 is 34.4 Å². The number of esters is 1. The van der Waals surface area contributed by atoms with E-state index in [2.05, 4.69) is 10.3 Å². The number of carbonyl (C=O) groups is 2. The number of H-pyrrole nitrogens is 1. The molecule has 0 bridgehead atoms. The van der Waals surface area contributed by atoms with E-state index in [9.17, 15) is 14.7 Å². The van der Waals surface area contributed by atoms with Gasteiger partial charge in [0.15, 0.2) is 5.76 Å². The number of ether oxygens (including phenoxy) is 4. The predicted octanol–water partition coefficient (Wildman–Crippen LogP) is 4.07. The van der Waals surface area contributed by atoms with Crippen LogP contribution in [0, 0.1) is 5.92 Å². The molecule has 39 heavy (non-hydrogen) atoms. The minimum Gasteiger partial charge on any atom is -0.497 e. The topological polar surface area (TPSA) is 119 Å². The van der Waals surface area contributed by atoms with Crippen LogP contribution in [0.2, 0.25) is 0 Å². The van der Waals surface area contributed by atoms with Gasteiger partial charge in [0.05, 0.1) is 19.8 Å². The molecule has 0 saturated carbocycles. The third-order valence-corrected chi connectivity index (χ3v) is 7.01. The number of methoxy groups -OCH3 is 2. The Kier molecular flexibility index (Phi) is 9.62. The summed E-state index contributed by atoms with van der Waals surface area (Å²) in [5, 5.41) is 13.5. The van der Waals surface area contributed by atoms with Crippen LogP contribution in [0.15, 0.2) is 60.5 Å². The van der Waals surface area contributed by atoms with Gasteiger partial charge in [0, 0.05) is 48.7 Å². The van der Waals surface area contributed by atoms with Crippen molar-refractivity contribution in [1.82, 2.24) is 10.3 Å². The van der Waals surface area contributed by atoms with Gasteiger partial charge in [0.25, 0.3) is 5.91 Å². The minimum atomic E-state index is -0.654. The molecule has 1 aliphatic rings. The molecular formula is C30H36N2O7. The first-order valence-corrected chi connectivity index (χ1v) is 13.2. The van der Waals surface area contributed by atoms with Crippen molar-refractivity contribution in [2.45, 2.75) is 38.4 Å². The lowest BCUT2D eigenvalue weighted by Crippen LogP contribution is -2.39. The maximum atomic E-state index is 13.2. The van der Waals surface area contributed by atoms with Crippen molar-refractivity contribution in [2.24, 2.45) is 5.92 Å². The molecule has 3 aromatic rings. The fourth-order valence-electron chi connectivity index (χ4n) is 4.99. The molecule has 2 aromatic carbocycles. The maximum Gasteiger partial charge on any atom is 0.337 e. The van der Waals surface area contributed by atoms with E-state index in [1.165, 1.54) is 7.11 Å². The van der Waals surface area contributed by atoms with E-state index >= 15 is 0 Å². The number of hydrogen-bond acceptors (Lipinski definition) is 7. The lowest BCUT2D eigenvalue weighted by Gasteiger charge is -2.37. The molecule has 0 unspecified atom stereocenters. The highest BCUT2D eigenvalue weighted by Crippen LogP contribution is 2.39. The summed E-state index contributed by atoms with van der Waals surface area (Å²) in [6.45, 7) is 2.74. The van der Waals surface area contributed by atoms with Gasteiger partial charge in [-0.1, -0.05) is 12.1 Å². The average molecular weight is 537 g/mol. The third kappa shape index (κ3) is 6.61. The monoisotopic (exact) mass is 536 g/mol. The molecule has 1 aliphatic heterocycles. The summed E-state index contributed by atoms with van der Waals surface area (Å²) in [4.78, 5) is 28.4. The molecule has 208 valence electrons. The number of aliphatic hydroxyl groups excluding tert-OH is 1. The van der Waals surface area contributed by atoms with Crippen molar-refractivity contribution >= 4 is 22.8 Å². The zero-order chi connectivity index (χ0) is 27.8. The van der Waals surface area contributed by atoms with Crippen molar-refractivity contribution in [3.63, 3.8) is 0 Å². The summed E-state index contributed by atoms with van der Waals surface area (Å²) in [6, 6.07) is 13.0. The molecule has 0 saturated heterocycles. The fourth-order valence-corrected chi connectivity index (χ4v) is 4.99. The highest BCUT2D eigenvalue weighted by molar-refractivity contribution is 5.92. The SMILES string of the molecule is CCO[C@@H]1OC(C(=O)NCCc2c[nH]c3ccc(OC)cc23)=C[C@H](c2ccc(C(=O)OC)cc2)[C@H]1CCCO. The molecule has 0 fully saturated rings. The van der Waals surface area contributed by atoms with Crippen molar-refractivity contribution < 1.29 is 33.6 Å². The van der Waals surface area contributed by atoms with Gasteiger partial charge in [-0.15, -0.1) is 0 Å². The van der Waals surface area contributed by atoms with E-state index in [0.717, 1.165) is 27.8 Å². The van der Waals surface area contributed by atoms with E-state index < -0.39 is 12.3 Å². The van der Waals surface area contributed by atoms with Crippen LogP contribution >= 0.6 is 0 Å². The van der Waals surface area contributed by atoms with Crippen LogP contribution in [-0.2, 0) is 25.4 Å². The lowest BCUT2D eigenvalue weighted by molar-refractivity contribution is -0.166. The minimum absolute atomic E-state index is 0.0418. The molecule has 0 spiro atoms. The third-order valence-electron chi connectivity index (χ3n) is 7.01. The summed E-state index contributed by atoms with van der Waals surface area (Å²) in [5.41, 5.74) is 3.43. The van der Waals surface area contributed by atoms with Crippen LogP contribution in [0.4, 0.5) is 0 Å². The van der Waals surface area contributed by atoms with Crippen molar-refractivity contribution in [2.75, 3.05) is 34.0 Å². The highest BCUT2D eigenvalue weighted by Gasteiger charge is 2.37. The first-order valence-electron chi connectivity index (χ1n) is 13.2. The van der Waals surface area contributed by atoms with Gasteiger partial charge in [0.1, 0.15) is 5.75 Å². The standard InChI is InChI=1S/C30H36N2O7/c1-4-38-30-23(6-5-15-33)24(19-7-9-20(10-8-19)29(35)37-3)17-27(39-30)28(34)31-14-13-21-18-32-26-12-11-22(36-2)16-25(21)26/h7-12,16-18,23-24,30,32-33H,4-6,13-15H2,1-3H3,(H,31,34)/t23-,24-,30-/m1/s1. The molecule has 0 radical (unpaired) electrons. The van der Waals surface area contributed by atoms with Crippen LogP contribution in [0.3, 0.4) is 0 Å². The van der Waals surface area contributed by atoms with Crippen molar-refractivity contribution in [1.29, 1.82) is 0 Å². The highest BCUT2D eigenvalue weighted by atomic mass is 16.7. The zero-order valence-corrected chi connectivity index (χ0v) is 22.6. The number of fused-ring (bicyclic) bond motifs is 1. The fraction of sp³-hybridized carbons (Fsp3) is 0.400. The van der Waals surface area contributed by atoms with Gasteiger partial charge in [-0.2, -0.15) is 0 Å². The summed E-state index contributed by atoms with van der Waals surface area (Å²) >= 11 is 0. The number of allylic oxidation sites excluding steroid dienone is 1. The number of hydrogen-bond donors (Lipinski definition) is 3. The summed E-state index contributed by atoms with van der Waals surface area (Å²) in [6.07, 6.45) is 4.94. The smallest absolute Gasteiger partial charge is 0.337 e. The molecule has 3 atom stereocenters. The van der Waals surface area contributed by atoms with Crippen molar-refractivity contribution in [3.8, 4) is 5.75 Å². The molecule has 1 amide bonds. The van der Waals surface area contributed by atoms with E-state index in [0.29, 0.717) is 38.0 Å². The molecule has 0 aliphatic carbocycles. The summed E-state index contributed by atoms with van der Waals surface area (Å²) < 4.78 is 22.1. The molecule has 9 heteroatoms. The van der Waals surface area contributed by atoms with Crippen molar-refractivity contribution in [3.05, 3.63) is 77.2 Å². The predicted molar refractivity (Wildman–Crippen MR) is 146 cm³/mol. The molecule has 4 rings (SSSR count). The number of benzene rings is 2. The number of rotatable bonds is 12. The lowest BCUT2D eigenvalue weighted by atomic mass is 9.80. The van der Waals surface area contributed by atoms with Gasteiger partial charge in [-0.3, -0.25) is 4.79 Å². The molecule has 2 heterocycles. The van der Waals surface area contributed by atoms with Crippen LogP contribution in [-0.4, -0.2) is 62.2 Å². The Hall–Kier alpha value is -3.82. The molecule has 1 aromatic heterocycles. The maximum absolute atomic E-state index is 13.2. The average Bonchev–Trinajstić information content (AvgIpc) is 3.37. The van der Waals surface area contributed by atoms with Crippen LogP contribution in [0.25, 0.3) is 10.9 Å². The molecule has 3 N–H and O–H groups in total. The van der Waals surface area contributed by atoms with Gasteiger partial charge in [0.2, 0.25) is 6.29 Å². The van der Waals surface area contributed by atoms with Crippen LogP contribution < -0.4 is 10.1 Å². The Morgan fingerprint density at radius 1 is 1.13 bits per heavy atom. The second-order valence-electron chi connectivity index (χ2n) is 9.37. The second-order valence-corrected chi connectivity index (χ2v) is 9.37. The van der Waals surface area contributed by atoms with E-state index in [1.807, 2.05) is 49.5 Å². The van der Waals surface area contributed by atoms with E-state index in [-0.39, 0.29) is 30.1 Å². The number of aromatic amines is 1. The number of aromatic nitrogens is 1. The number of aliphatic hydroxyl groups is 1. The Balaban J connectivity index is 1.53. The largest absolute Gasteiger partial charge is 0.497 e. The summed E-state index contributed by atoms with van der Waals surface area (Å²) in [5.74, 6) is -0.113. The van der Waals surface area contributed by atoms with Crippen LogP contribution in [0.1, 0.15) is 47.2 Å². The van der Waals surface area contributed by atoms with E-state index in [4.69, 9.17) is 18.9 Å². The van der Waals surface area contributed by atoms with Gasteiger partial charge in [-0.05, 0) is 73.7 Å². The summed E-state index contributed by atoms with van der Waals surface area (Å²) in [7, 11) is 2.98.